The number of carboxylic acid groups (broad SMARTS) is 1. The van der Waals surface area contributed by atoms with Gasteiger partial charge in [-0.3, -0.25) is 39.0 Å². The molecular formula is C30H46N10O8. The van der Waals surface area contributed by atoms with Crippen molar-refractivity contribution in [1.82, 2.24) is 36.0 Å². The van der Waals surface area contributed by atoms with Gasteiger partial charge in [0.05, 0.1) is 25.7 Å². The van der Waals surface area contributed by atoms with Gasteiger partial charge in [-0.2, -0.15) is 0 Å². The van der Waals surface area contributed by atoms with Gasteiger partial charge in [0.15, 0.2) is 5.96 Å². The van der Waals surface area contributed by atoms with E-state index in [1.165, 1.54) is 9.80 Å². The van der Waals surface area contributed by atoms with E-state index in [0.717, 1.165) is 10.5 Å². The molecule has 264 valence electrons. The number of guanidine groups is 1. The van der Waals surface area contributed by atoms with E-state index in [0.29, 0.717) is 6.42 Å². The lowest BCUT2D eigenvalue weighted by Gasteiger charge is -2.30. The van der Waals surface area contributed by atoms with E-state index >= 15 is 0 Å². The van der Waals surface area contributed by atoms with Crippen molar-refractivity contribution < 1.29 is 38.7 Å². The van der Waals surface area contributed by atoms with Crippen molar-refractivity contribution in [2.45, 2.75) is 38.1 Å². The third-order valence-electron chi connectivity index (χ3n) is 7.15. The number of nitrogens with one attached hydrogen (secondary N) is 5. The first-order valence-corrected chi connectivity index (χ1v) is 15.6. The Balaban J connectivity index is 2.41. The van der Waals surface area contributed by atoms with Gasteiger partial charge in [-0.15, -0.1) is 0 Å². The largest absolute Gasteiger partial charge is 0.481 e. The summed E-state index contributed by atoms with van der Waals surface area (Å²) in [5.74, 6) is -5.22. The number of aliphatic carboxylic acids is 1. The fourth-order valence-corrected chi connectivity index (χ4v) is 4.84. The highest BCUT2D eigenvalue weighted by atomic mass is 16.4. The molecule has 10 N–H and O–H groups in total. The van der Waals surface area contributed by atoms with Crippen molar-refractivity contribution in [1.29, 1.82) is 5.41 Å². The van der Waals surface area contributed by atoms with E-state index in [4.69, 9.17) is 22.0 Å². The molecule has 1 aromatic rings. The molecular weight excluding hydrogens is 628 g/mol. The molecule has 18 heteroatoms. The maximum atomic E-state index is 13.4. The van der Waals surface area contributed by atoms with Gasteiger partial charge in [0.25, 0.3) is 0 Å². The van der Waals surface area contributed by atoms with Crippen LogP contribution in [0.2, 0.25) is 0 Å². The van der Waals surface area contributed by atoms with Crippen LogP contribution in [0.3, 0.4) is 0 Å². The Kier molecular flexibility index (Phi) is 16.8. The zero-order valence-electron chi connectivity index (χ0n) is 26.9. The van der Waals surface area contributed by atoms with Crippen LogP contribution in [0, 0.1) is 5.41 Å². The topological polar surface area (TPSA) is 273 Å². The Hall–Kier alpha value is -5.26. The Morgan fingerprint density at radius 2 is 1.42 bits per heavy atom. The molecule has 0 aromatic heterocycles. The van der Waals surface area contributed by atoms with Gasteiger partial charge in [0, 0.05) is 52.1 Å². The highest BCUT2D eigenvalue weighted by Gasteiger charge is 2.26. The van der Waals surface area contributed by atoms with Crippen molar-refractivity contribution in [2.24, 2.45) is 11.5 Å². The lowest BCUT2D eigenvalue weighted by atomic mass is 10.0. The molecule has 1 fully saturated rings. The second kappa shape index (κ2) is 20.8. The van der Waals surface area contributed by atoms with Crippen molar-refractivity contribution in [3.8, 4) is 0 Å². The van der Waals surface area contributed by atoms with Gasteiger partial charge < -0.3 is 52.5 Å². The maximum Gasteiger partial charge on any atom is 0.312 e. The molecule has 1 heterocycles. The molecule has 0 saturated carbocycles. The van der Waals surface area contributed by atoms with Gasteiger partial charge in [-0.05, 0) is 24.9 Å². The molecule has 1 aromatic carbocycles. The van der Waals surface area contributed by atoms with Gasteiger partial charge >= 0.3 is 5.97 Å². The number of hydrogen-bond acceptors (Lipinski definition) is 9. The van der Waals surface area contributed by atoms with E-state index in [-0.39, 0.29) is 83.5 Å². The number of hydrogen-bond donors (Lipinski definition) is 8. The van der Waals surface area contributed by atoms with Gasteiger partial charge in [-0.1, -0.05) is 30.3 Å². The van der Waals surface area contributed by atoms with Gasteiger partial charge in [0.1, 0.15) is 6.42 Å². The lowest BCUT2D eigenvalue weighted by molar-refractivity contribution is -0.146. The van der Waals surface area contributed by atoms with Gasteiger partial charge in [0.2, 0.25) is 35.4 Å². The Labute approximate surface area is 278 Å². The number of nitrogens with two attached hydrogens (primary N) is 2. The molecule has 0 bridgehead atoms. The van der Waals surface area contributed by atoms with E-state index in [1.807, 2.05) is 30.3 Å². The first-order valence-electron chi connectivity index (χ1n) is 15.6. The normalized spacial score (nSPS) is 17.2. The predicted molar refractivity (Wildman–Crippen MR) is 173 cm³/mol. The zero-order valence-corrected chi connectivity index (χ0v) is 26.9. The van der Waals surface area contributed by atoms with Crippen LogP contribution in [0.15, 0.2) is 30.3 Å². The van der Waals surface area contributed by atoms with Crippen LogP contribution in [0.4, 0.5) is 0 Å². The van der Waals surface area contributed by atoms with Crippen molar-refractivity contribution >= 4 is 47.4 Å². The predicted octanol–water partition coefficient (Wildman–Crippen LogP) is -3.47. The van der Waals surface area contributed by atoms with Crippen molar-refractivity contribution in [3.63, 3.8) is 0 Å². The average molecular weight is 675 g/mol. The molecule has 2 rings (SSSR count). The first-order chi connectivity index (χ1) is 22.9. The number of carboxylic acids is 1. The summed E-state index contributed by atoms with van der Waals surface area (Å²) in [6.07, 6.45) is -0.290. The van der Waals surface area contributed by atoms with Crippen LogP contribution in [0.1, 0.15) is 31.2 Å². The smallest absolute Gasteiger partial charge is 0.312 e. The monoisotopic (exact) mass is 674 g/mol. The summed E-state index contributed by atoms with van der Waals surface area (Å²) in [7, 11) is 0. The molecule has 0 unspecified atom stereocenters. The fraction of sp³-hybridized carbons (Fsp3) is 0.533. The summed E-state index contributed by atoms with van der Waals surface area (Å²) in [5.41, 5.74) is 11.7. The standard InChI is InChI=1S/C30H46N10O8/c31-9-4-7-26(44)38-13-11-34-23(41)18-39(28(46)16-29(47)48)14-12-35-24(42)19-40(27(45)8-10-36-30(32)33)17-22(37-25(43)20-38)15-21-5-2-1-3-6-21/h1-3,5-6,22H,4,7-20,31H2,(H,34,41)(H,35,42)(H,37,43)(H,47,48)(H4,32,33,36)/t22-/m0/s1. The highest BCUT2D eigenvalue weighted by Crippen LogP contribution is 2.08. The first kappa shape index (κ1) is 38.9. The van der Waals surface area contributed by atoms with Crippen LogP contribution >= 0.6 is 0 Å². The van der Waals surface area contributed by atoms with E-state index in [9.17, 15) is 33.6 Å². The second-order valence-electron chi connectivity index (χ2n) is 11.1. The van der Waals surface area contributed by atoms with Gasteiger partial charge in [-0.25, -0.2) is 0 Å². The van der Waals surface area contributed by atoms with E-state index in [1.54, 1.807) is 0 Å². The quantitative estimate of drug-likeness (QED) is 0.0686. The Morgan fingerprint density at radius 3 is 2.00 bits per heavy atom. The molecule has 1 aliphatic heterocycles. The number of carbonyl (C=O) groups is 7. The number of nitrogens with zero attached hydrogens (tertiary/aromatic N) is 3. The number of benzene rings is 1. The summed E-state index contributed by atoms with van der Waals surface area (Å²) in [5, 5.41) is 27.1. The second-order valence-corrected chi connectivity index (χ2v) is 11.1. The van der Waals surface area contributed by atoms with Crippen LogP contribution in [-0.4, -0.2) is 139 Å². The van der Waals surface area contributed by atoms with E-state index in [2.05, 4.69) is 21.3 Å². The van der Waals surface area contributed by atoms with Crippen LogP contribution in [0.25, 0.3) is 0 Å². The molecule has 1 atom stereocenters. The molecule has 18 nitrogen and oxygen atoms in total. The Morgan fingerprint density at radius 1 is 0.854 bits per heavy atom. The molecule has 1 aliphatic rings. The molecule has 0 radical (unpaired) electrons. The van der Waals surface area contributed by atoms with Crippen LogP contribution < -0.4 is 32.7 Å². The Bertz CT molecular complexity index is 1300. The molecule has 6 amide bonds. The number of carbonyl (C=O) groups excluding carboxylic acids is 6. The molecule has 1 saturated heterocycles. The summed E-state index contributed by atoms with van der Waals surface area (Å²) >= 11 is 0. The summed E-state index contributed by atoms with van der Waals surface area (Å²) in [4.78, 5) is 92.7. The molecule has 0 spiro atoms. The van der Waals surface area contributed by atoms with Crippen molar-refractivity contribution in [2.75, 3.05) is 65.4 Å². The third-order valence-corrected chi connectivity index (χ3v) is 7.15. The lowest BCUT2D eigenvalue weighted by Crippen LogP contribution is -2.53. The SMILES string of the molecule is N=C(N)NCCC(=O)N1CC(=O)NCCN(C(=O)CC(=O)O)CC(=O)NCCN(C(=O)CCCN)CC(=O)N[C@@H](Cc2ccccc2)C1. The average Bonchev–Trinajstić information content (AvgIpc) is 3.01. The number of rotatable bonds is 10. The summed E-state index contributed by atoms with van der Waals surface area (Å²) in [6.45, 7) is -1.60. The summed E-state index contributed by atoms with van der Waals surface area (Å²) < 4.78 is 0. The molecule has 48 heavy (non-hydrogen) atoms. The van der Waals surface area contributed by atoms with Crippen LogP contribution in [-0.2, 0) is 40.0 Å². The third kappa shape index (κ3) is 15.4. The maximum absolute atomic E-state index is 13.4. The number of amides is 6. The zero-order chi connectivity index (χ0) is 35.5. The highest BCUT2D eigenvalue weighted by molar-refractivity contribution is 5.95. The summed E-state index contributed by atoms with van der Waals surface area (Å²) in [6, 6.07) is 8.46. The minimum atomic E-state index is -1.40. The molecule has 0 aliphatic carbocycles. The van der Waals surface area contributed by atoms with Crippen molar-refractivity contribution in [3.05, 3.63) is 35.9 Å². The van der Waals surface area contributed by atoms with Crippen LogP contribution in [0.5, 0.6) is 0 Å². The fourth-order valence-electron chi connectivity index (χ4n) is 4.84. The van der Waals surface area contributed by atoms with E-state index < -0.39 is 61.1 Å². The minimum absolute atomic E-state index is 0.0184. The minimum Gasteiger partial charge on any atom is -0.481 e.